The average Bonchev–Trinajstić information content (AvgIpc) is 2.28. The van der Waals surface area contributed by atoms with Crippen LogP contribution in [0.5, 0.6) is 0 Å². The number of halogens is 2. The third kappa shape index (κ3) is 3.20. The van der Waals surface area contributed by atoms with Gasteiger partial charge in [0.15, 0.2) is 0 Å². The summed E-state index contributed by atoms with van der Waals surface area (Å²) < 4.78 is 26.4. The zero-order valence-corrected chi connectivity index (χ0v) is 9.81. The molecule has 88 valence electrons. The van der Waals surface area contributed by atoms with Gasteiger partial charge in [-0.15, -0.1) is 11.8 Å². The Balaban J connectivity index is 2.07. The number of hydrogen-bond acceptors (Lipinski definition) is 2. The first-order valence-electron chi connectivity index (χ1n) is 5.07. The Bertz CT molecular complexity index is 529. The number of nitrogens with two attached hydrogens (primary N) is 1. The lowest BCUT2D eigenvalue weighted by molar-refractivity contribution is 0.618. The summed E-state index contributed by atoms with van der Waals surface area (Å²) in [6, 6.07) is 10.8. The molecule has 0 bridgehead atoms. The topological polar surface area (TPSA) is 26.0 Å². The van der Waals surface area contributed by atoms with E-state index in [1.807, 2.05) is 0 Å². The van der Waals surface area contributed by atoms with Crippen LogP contribution in [0.2, 0.25) is 0 Å². The first kappa shape index (κ1) is 11.9. The zero-order chi connectivity index (χ0) is 12.3. The second kappa shape index (κ2) is 5.19. The van der Waals surface area contributed by atoms with Crippen molar-refractivity contribution in [1.82, 2.24) is 0 Å². The molecule has 4 heteroatoms. The van der Waals surface area contributed by atoms with Crippen molar-refractivity contribution in [2.24, 2.45) is 0 Å². The molecule has 0 aliphatic carbocycles. The van der Waals surface area contributed by atoms with Gasteiger partial charge in [0.25, 0.3) is 0 Å². The van der Waals surface area contributed by atoms with E-state index in [9.17, 15) is 8.78 Å². The molecule has 17 heavy (non-hydrogen) atoms. The van der Waals surface area contributed by atoms with Crippen molar-refractivity contribution in [2.45, 2.75) is 10.6 Å². The summed E-state index contributed by atoms with van der Waals surface area (Å²) in [5.41, 5.74) is 6.43. The third-order valence-electron chi connectivity index (χ3n) is 2.27. The van der Waals surface area contributed by atoms with Crippen LogP contribution in [0.4, 0.5) is 14.5 Å². The number of hydrogen-bond donors (Lipinski definition) is 1. The summed E-state index contributed by atoms with van der Waals surface area (Å²) in [7, 11) is 0. The third-order valence-corrected chi connectivity index (χ3v) is 3.31. The molecule has 2 aromatic carbocycles. The number of thioether (sulfide) groups is 1. The van der Waals surface area contributed by atoms with E-state index in [0.29, 0.717) is 17.0 Å². The molecule has 0 saturated carbocycles. The maximum atomic E-state index is 13.5. The van der Waals surface area contributed by atoms with Crippen LogP contribution in [0, 0.1) is 11.6 Å². The van der Waals surface area contributed by atoms with E-state index in [-0.39, 0.29) is 11.6 Å². The van der Waals surface area contributed by atoms with Gasteiger partial charge in [-0.05, 0) is 35.9 Å². The SMILES string of the molecule is Nc1ccc(CSc2cccc(F)c2)c(F)c1. The first-order chi connectivity index (χ1) is 8.15. The number of anilines is 1. The standard InChI is InChI=1S/C13H11F2NS/c14-10-2-1-3-12(6-10)17-8-9-4-5-11(16)7-13(9)15/h1-7H,8,16H2. The van der Waals surface area contributed by atoms with Gasteiger partial charge < -0.3 is 5.73 Å². The molecule has 0 unspecified atom stereocenters. The molecule has 2 N–H and O–H groups in total. The van der Waals surface area contributed by atoms with Crippen molar-refractivity contribution in [2.75, 3.05) is 5.73 Å². The van der Waals surface area contributed by atoms with Gasteiger partial charge in [-0.2, -0.15) is 0 Å². The van der Waals surface area contributed by atoms with Gasteiger partial charge in [0.1, 0.15) is 11.6 Å². The van der Waals surface area contributed by atoms with E-state index in [1.54, 1.807) is 24.3 Å². The Morgan fingerprint density at radius 3 is 2.59 bits per heavy atom. The first-order valence-corrected chi connectivity index (χ1v) is 6.06. The van der Waals surface area contributed by atoms with Crippen LogP contribution < -0.4 is 5.73 Å². The van der Waals surface area contributed by atoms with Crippen molar-refractivity contribution < 1.29 is 8.78 Å². The summed E-state index contributed by atoms with van der Waals surface area (Å²) in [5, 5.41) is 0. The van der Waals surface area contributed by atoms with E-state index in [2.05, 4.69) is 0 Å². The fourth-order valence-corrected chi connectivity index (χ4v) is 2.33. The molecule has 0 spiro atoms. The maximum absolute atomic E-state index is 13.5. The lowest BCUT2D eigenvalue weighted by Gasteiger charge is -2.04. The highest BCUT2D eigenvalue weighted by molar-refractivity contribution is 7.98. The Hall–Kier alpha value is -1.55. The molecule has 0 heterocycles. The Kier molecular flexibility index (Phi) is 3.64. The van der Waals surface area contributed by atoms with E-state index in [0.717, 1.165) is 4.90 Å². The normalized spacial score (nSPS) is 10.5. The highest BCUT2D eigenvalue weighted by Crippen LogP contribution is 2.25. The molecule has 0 aromatic heterocycles. The van der Waals surface area contributed by atoms with Gasteiger partial charge in [0.2, 0.25) is 0 Å². The monoisotopic (exact) mass is 251 g/mol. The lowest BCUT2D eigenvalue weighted by Crippen LogP contribution is -1.91. The molecule has 1 nitrogen and oxygen atoms in total. The summed E-state index contributed by atoms with van der Waals surface area (Å²) in [6.07, 6.45) is 0. The zero-order valence-electron chi connectivity index (χ0n) is 8.99. The van der Waals surface area contributed by atoms with Crippen molar-refractivity contribution in [3.05, 3.63) is 59.7 Å². The van der Waals surface area contributed by atoms with Gasteiger partial charge in [0, 0.05) is 16.3 Å². The fraction of sp³-hybridized carbons (Fsp3) is 0.0769. The summed E-state index contributed by atoms with van der Waals surface area (Å²) >= 11 is 1.39. The number of rotatable bonds is 3. The molecular formula is C13H11F2NS. The Morgan fingerprint density at radius 1 is 1.06 bits per heavy atom. The highest BCUT2D eigenvalue weighted by Gasteiger charge is 2.03. The van der Waals surface area contributed by atoms with Crippen LogP contribution in [0.3, 0.4) is 0 Å². The fourth-order valence-electron chi connectivity index (χ4n) is 1.40. The molecule has 0 aliphatic rings. The molecule has 2 rings (SSSR count). The van der Waals surface area contributed by atoms with E-state index < -0.39 is 0 Å². The molecule has 0 saturated heterocycles. The van der Waals surface area contributed by atoms with Crippen LogP contribution in [-0.2, 0) is 5.75 Å². The van der Waals surface area contributed by atoms with Crippen LogP contribution in [0.15, 0.2) is 47.4 Å². The van der Waals surface area contributed by atoms with Gasteiger partial charge in [0.05, 0.1) is 0 Å². The van der Waals surface area contributed by atoms with Gasteiger partial charge >= 0.3 is 0 Å². The molecule has 0 atom stereocenters. The van der Waals surface area contributed by atoms with E-state index in [4.69, 9.17) is 5.73 Å². The van der Waals surface area contributed by atoms with Crippen molar-refractivity contribution in [1.29, 1.82) is 0 Å². The van der Waals surface area contributed by atoms with Gasteiger partial charge in [-0.25, -0.2) is 8.78 Å². The van der Waals surface area contributed by atoms with Crippen molar-refractivity contribution in [3.8, 4) is 0 Å². The summed E-state index contributed by atoms with van der Waals surface area (Å²) in [5.74, 6) is -0.156. The second-order valence-electron chi connectivity index (χ2n) is 3.60. The molecule has 0 fully saturated rings. The summed E-state index contributed by atoms with van der Waals surface area (Å²) in [6.45, 7) is 0. The maximum Gasteiger partial charge on any atom is 0.129 e. The summed E-state index contributed by atoms with van der Waals surface area (Å²) in [4.78, 5) is 0.779. The Labute approximate surface area is 103 Å². The van der Waals surface area contributed by atoms with E-state index in [1.165, 1.54) is 30.0 Å². The molecular weight excluding hydrogens is 240 g/mol. The lowest BCUT2D eigenvalue weighted by atomic mass is 10.2. The highest BCUT2D eigenvalue weighted by atomic mass is 32.2. The van der Waals surface area contributed by atoms with E-state index >= 15 is 0 Å². The number of benzene rings is 2. The minimum atomic E-state index is -0.325. The molecule has 0 aliphatic heterocycles. The van der Waals surface area contributed by atoms with Crippen LogP contribution in [0.25, 0.3) is 0 Å². The average molecular weight is 251 g/mol. The quantitative estimate of drug-likeness (QED) is 0.662. The van der Waals surface area contributed by atoms with Crippen molar-refractivity contribution >= 4 is 17.4 Å². The number of nitrogen functional groups attached to an aromatic ring is 1. The predicted molar refractivity (Wildman–Crippen MR) is 66.8 cm³/mol. The van der Waals surface area contributed by atoms with Crippen LogP contribution >= 0.6 is 11.8 Å². The predicted octanol–water partition coefficient (Wildman–Crippen LogP) is 3.84. The molecule has 2 aromatic rings. The van der Waals surface area contributed by atoms with Crippen LogP contribution in [0.1, 0.15) is 5.56 Å². The minimum Gasteiger partial charge on any atom is -0.399 e. The van der Waals surface area contributed by atoms with Gasteiger partial charge in [-0.1, -0.05) is 12.1 Å². The minimum absolute atomic E-state index is 0.284. The molecule has 0 radical (unpaired) electrons. The largest absolute Gasteiger partial charge is 0.399 e. The second-order valence-corrected chi connectivity index (χ2v) is 4.65. The Morgan fingerprint density at radius 2 is 1.88 bits per heavy atom. The van der Waals surface area contributed by atoms with Gasteiger partial charge in [-0.3, -0.25) is 0 Å². The van der Waals surface area contributed by atoms with Crippen molar-refractivity contribution in [3.63, 3.8) is 0 Å². The van der Waals surface area contributed by atoms with Crippen LogP contribution in [-0.4, -0.2) is 0 Å². The smallest absolute Gasteiger partial charge is 0.129 e. The molecule has 0 amide bonds.